The van der Waals surface area contributed by atoms with Gasteiger partial charge in [0.05, 0.1) is 13.7 Å². The summed E-state index contributed by atoms with van der Waals surface area (Å²) in [5.41, 5.74) is 0.804. The van der Waals surface area contributed by atoms with Crippen molar-refractivity contribution in [3.63, 3.8) is 0 Å². The summed E-state index contributed by atoms with van der Waals surface area (Å²) in [5, 5.41) is 0. The molecule has 0 aliphatic heterocycles. The number of nitrogens with zero attached hydrogens (tertiary/aromatic N) is 1. The number of aromatic nitrogens is 1. The van der Waals surface area contributed by atoms with Gasteiger partial charge in [-0.05, 0) is 58.3 Å². The molecule has 0 aliphatic rings. The highest BCUT2D eigenvalue weighted by molar-refractivity contribution is 9.10. The van der Waals surface area contributed by atoms with Crippen molar-refractivity contribution in [2.24, 2.45) is 0 Å². The average Bonchev–Trinajstić information content (AvgIpc) is 2.60. The Hall–Kier alpha value is -2.34. The topological polar surface area (TPSA) is 57.7 Å². The number of hydrogen-bond acceptors (Lipinski definition) is 5. The molecule has 0 amide bonds. The van der Waals surface area contributed by atoms with Gasteiger partial charge < -0.3 is 14.2 Å². The Balaban J connectivity index is 2.05. The first-order valence-corrected chi connectivity index (χ1v) is 8.24. The van der Waals surface area contributed by atoms with Gasteiger partial charge in [0.25, 0.3) is 0 Å². The fraction of sp³-hybridized carbons (Fsp3) is 0.222. The summed E-state index contributed by atoms with van der Waals surface area (Å²) in [6.45, 7) is 2.66. The molecule has 5 nitrogen and oxygen atoms in total. The molecule has 24 heavy (non-hydrogen) atoms. The zero-order valence-electron chi connectivity index (χ0n) is 13.5. The Morgan fingerprint density at radius 3 is 2.79 bits per heavy atom. The van der Waals surface area contributed by atoms with Gasteiger partial charge in [-0.15, -0.1) is 0 Å². The molecule has 0 unspecified atom stereocenters. The Labute approximate surface area is 149 Å². The number of methoxy groups -OCH3 is 1. The van der Waals surface area contributed by atoms with E-state index in [2.05, 4.69) is 20.9 Å². The van der Waals surface area contributed by atoms with Crippen LogP contribution in [-0.2, 0) is 4.79 Å². The lowest BCUT2D eigenvalue weighted by Gasteiger charge is -2.10. The Bertz CT molecular complexity index is 731. The summed E-state index contributed by atoms with van der Waals surface area (Å²) in [6.07, 6.45) is 5.52. The van der Waals surface area contributed by atoms with Gasteiger partial charge in [-0.2, -0.15) is 0 Å². The van der Waals surface area contributed by atoms with Crippen LogP contribution in [0.25, 0.3) is 6.08 Å². The van der Waals surface area contributed by atoms with E-state index in [1.54, 1.807) is 37.6 Å². The molecule has 1 aromatic heterocycles. The lowest BCUT2D eigenvalue weighted by atomic mass is 10.2. The lowest BCUT2D eigenvalue weighted by molar-refractivity contribution is -0.128. The fourth-order valence-electron chi connectivity index (χ4n) is 1.87. The van der Waals surface area contributed by atoms with Gasteiger partial charge in [0.15, 0.2) is 17.2 Å². The van der Waals surface area contributed by atoms with Crippen LogP contribution in [0.5, 0.6) is 17.2 Å². The quantitative estimate of drug-likeness (QED) is 0.400. The number of pyridine rings is 1. The van der Waals surface area contributed by atoms with Gasteiger partial charge in [0, 0.05) is 12.3 Å². The maximum atomic E-state index is 11.9. The van der Waals surface area contributed by atoms with Crippen LogP contribution in [0, 0.1) is 0 Å². The summed E-state index contributed by atoms with van der Waals surface area (Å²) >= 11 is 3.23. The normalized spacial score (nSPS) is 10.6. The van der Waals surface area contributed by atoms with E-state index in [0.29, 0.717) is 28.5 Å². The van der Waals surface area contributed by atoms with E-state index in [1.165, 1.54) is 6.08 Å². The first kappa shape index (κ1) is 18.0. The third kappa shape index (κ3) is 5.09. The SMILES string of the molecule is CCCOc1ccc(C=CC(=O)Oc2cccnc2Br)cc1OC. The van der Waals surface area contributed by atoms with Crippen molar-refractivity contribution < 1.29 is 19.0 Å². The molecule has 0 spiro atoms. The maximum absolute atomic E-state index is 11.9. The summed E-state index contributed by atoms with van der Waals surface area (Å²) in [5.74, 6) is 1.18. The smallest absolute Gasteiger partial charge is 0.336 e. The van der Waals surface area contributed by atoms with Gasteiger partial charge in [-0.25, -0.2) is 9.78 Å². The van der Waals surface area contributed by atoms with Crippen LogP contribution in [0.2, 0.25) is 0 Å². The first-order valence-electron chi connectivity index (χ1n) is 7.45. The number of carbonyl (C=O) groups is 1. The second kappa shape index (κ2) is 9.08. The van der Waals surface area contributed by atoms with E-state index in [9.17, 15) is 4.79 Å². The van der Waals surface area contributed by atoms with Gasteiger partial charge in [0.2, 0.25) is 0 Å². The van der Waals surface area contributed by atoms with Crippen LogP contribution in [0.1, 0.15) is 18.9 Å². The lowest BCUT2D eigenvalue weighted by Crippen LogP contribution is -2.04. The minimum atomic E-state index is -0.492. The minimum Gasteiger partial charge on any atom is -0.493 e. The zero-order chi connectivity index (χ0) is 17.4. The number of rotatable bonds is 7. The Morgan fingerprint density at radius 2 is 2.08 bits per heavy atom. The molecule has 2 aromatic rings. The van der Waals surface area contributed by atoms with Crippen molar-refractivity contribution in [3.8, 4) is 17.2 Å². The molecule has 0 N–H and O–H groups in total. The Morgan fingerprint density at radius 1 is 1.25 bits per heavy atom. The molecular formula is C18H18BrNO4. The molecule has 1 heterocycles. The van der Waals surface area contributed by atoms with Crippen LogP contribution in [0.15, 0.2) is 47.2 Å². The van der Waals surface area contributed by atoms with Crippen LogP contribution in [-0.4, -0.2) is 24.7 Å². The van der Waals surface area contributed by atoms with Crippen molar-refractivity contribution in [3.05, 3.63) is 52.8 Å². The molecule has 6 heteroatoms. The van der Waals surface area contributed by atoms with Crippen molar-refractivity contribution in [1.29, 1.82) is 0 Å². The highest BCUT2D eigenvalue weighted by Crippen LogP contribution is 2.28. The molecule has 2 rings (SSSR count). The van der Waals surface area contributed by atoms with Crippen LogP contribution >= 0.6 is 15.9 Å². The zero-order valence-corrected chi connectivity index (χ0v) is 15.1. The maximum Gasteiger partial charge on any atom is 0.336 e. The monoisotopic (exact) mass is 391 g/mol. The molecule has 1 aromatic carbocycles. The van der Waals surface area contributed by atoms with E-state index in [1.807, 2.05) is 19.1 Å². The largest absolute Gasteiger partial charge is 0.493 e. The standard InChI is InChI=1S/C18H18BrNO4/c1-3-11-23-14-8-6-13(12-16(14)22-2)7-9-17(21)24-15-5-4-10-20-18(15)19/h4-10,12H,3,11H2,1-2H3. The first-order chi connectivity index (χ1) is 11.6. The number of ether oxygens (including phenoxy) is 3. The highest BCUT2D eigenvalue weighted by atomic mass is 79.9. The van der Waals surface area contributed by atoms with Gasteiger partial charge >= 0.3 is 5.97 Å². The average molecular weight is 392 g/mol. The molecule has 0 aliphatic carbocycles. The molecule has 0 atom stereocenters. The summed E-state index contributed by atoms with van der Waals surface area (Å²) < 4.78 is 16.6. The Kier molecular flexibility index (Phi) is 6.81. The van der Waals surface area contributed by atoms with Crippen LogP contribution < -0.4 is 14.2 Å². The second-order valence-corrected chi connectivity index (χ2v) is 5.56. The van der Waals surface area contributed by atoms with E-state index < -0.39 is 5.97 Å². The van der Waals surface area contributed by atoms with E-state index in [4.69, 9.17) is 14.2 Å². The number of carbonyl (C=O) groups excluding carboxylic acids is 1. The third-order valence-electron chi connectivity index (χ3n) is 3.00. The van der Waals surface area contributed by atoms with Gasteiger partial charge in [0.1, 0.15) is 4.60 Å². The fourth-order valence-corrected chi connectivity index (χ4v) is 2.20. The number of hydrogen-bond donors (Lipinski definition) is 0. The van der Waals surface area contributed by atoms with Crippen molar-refractivity contribution in [2.45, 2.75) is 13.3 Å². The minimum absolute atomic E-state index is 0.369. The predicted molar refractivity (Wildman–Crippen MR) is 95.4 cm³/mol. The van der Waals surface area contributed by atoms with Crippen molar-refractivity contribution in [1.82, 2.24) is 4.98 Å². The van der Waals surface area contributed by atoms with Gasteiger partial charge in [-0.1, -0.05) is 13.0 Å². The van der Waals surface area contributed by atoms with Crippen LogP contribution in [0.3, 0.4) is 0 Å². The number of benzene rings is 1. The summed E-state index contributed by atoms with van der Waals surface area (Å²) in [4.78, 5) is 15.9. The van der Waals surface area contributed by atoms with E-state index in [0.717, 1.165) is 12.0 Å². The number of halogens is 1. The van der Waals surface area contributed by atoms with E-state index in [-0.39, 0.29) is 0 Å². The second-order valence-electron chi connectivity index (χ2n) is 4.81. The molecule has 0 saturated heterocycles. The predicted octanol–water partition coefficient (Wildman–Crippen LogP) is 4.26. The third-order valence-corrected chi connectivity index (χ3v) is 3.59. The summed E-state index contributed by atoms with van der Waals surface area (Å²) in [6, 6.07) is 8.81. The van der Waals surface area contributed by atoms with Crippen molar-refractivity contribution >= 4 is 28.0 Å². The molecular weight excluding hydrogens is 374 g/mol. The van der Waals surface area contributed by atoms with Crippen molar-refractivity contribution in [2.75, 3.05) is 13.7 Å². The molecule has 126 valence electrons. The van der Waals surface area contributed by atoms with Gasteiger partial charge in [-0.3, -0.25) is 0 Å². The highest BCUT2D eigenvalue weighted by Gasteiger charge is 2.07. The molecule has 0 saturated carbocycles. The molecule has 0 radical (unpaired) electrons. The van der Waals surface area contributed by atoms with Crippen LogP contribution in [0.4, 0.5) is 0 Å². The molecule has 0 fully saturated rings. The summed E-state index contributed by atoms with van der Waals surface area (Å²) in [7, 11) is 1.58. The molecule has 0 bridgehead atoms. The van der Waals surface area contributed by atoms with E-state index >= 15 is 0 Å². The number of esters is 1.